The van der Waals surface area contributed by atoms with Crippen LogP contribution in [0.1, 0.15) is 54.6 Å². The van der Waals surface area contributed by atoms with Crippen molar-refractivity contribution in [3.63, 3.8) is 0 Å². The maximum Gasteiger partial charge on any atom is 0.254 e. The van der Waals surface area contributed by atoms with Crippen LogP contribution in [-0.4, -0.2) is 41.5 Å². The molecule has 1 aromatic carbocycles. The summed E-state index contributed by atoms with van der Waals surface area (Å²) >= 11 is 6.22. The summed E-state index contributed by atoms with van der Waals surface area (Å²) < 4.78 is 0. The van der Waals surface area contributed by atoms with Crippen molar-refractivity contribution in [2.75, 3.05) is 19.6 Å². The van der Waals surface area contributed by atoms with E-state index in [1.165, 1.54) is 12.8 Å². The molecule has 132 valence electrons. The highest BCUT2D eigenvalue weighted by molar-refractivity contribution is 6.31. The first-order chi connectivity index (χ1) is 12.2. The maximum absolute atomic E-state index is 13.5. The number of amides is 1. The van der Waals surface area contributed by atoms with Gasteiger partial charge < -0.3 is 10.2 Å². The molecule has 1 saturated heterocycles. The number of aromatic nitrogens is 1. The van der Waals surface area contributed by atoms with Gasteiger partial charge in [0.15, 0.2) is 0 Å². The number of benzene rings is 1. The molecule has 2 aromatic rings. The zero-order valence-corrected chi connectivity index (χ0v) is 15.4. The molecule has 2 aliphatic rings. The molecule has 0 radical (unpaired) electrons. The minimum atomic E-state index is 0.118. The Morgan fingerprint density at radius 2 is 2.16 bits per heavy atom. The zero-order chi connectivity index (χ0) is 17.4. The van der Waals surface area contributed by atoms with E-state index in [9.17, 15) is 4.79 Å². The summed E-state index contributed by atoms with van der Waals surface area (Å²) in [5.74, 6) is 0.631. The van der Waals surface area contributed by atoms with Crippen LogP contribution in [0.15, 0.2) is 24.3 Å². The van der Waals surface area contributed by atoms with E-state index in [1.54, 1.807) is 0 Å². The van der Waals surface area contributed by atoms with Gasteiger partial charge in [0.25, 0.3) is 5.91 Å². The number of hydrogen-bond acceptors (Lipinski definition) is 3. The van der Waals surface area contributed by atoms with E-state index in [4.69, 9.17) is 16.6 Å². The summed E-state index contributed by atoms with van der Waals surface area (Å²) in [6.45, 7) is 4.77. The molecule has 2 heterocycles. The molecule has 4 nitrogen and oxygen atoms in total. The average Bonchev–Trinajstić information content (AvgIpc) is 3.33. The summed E-state index contributed by atoms with van der Waals surface area (Å²) in [7, 11) is 0. The van der Waals surface area contributed by atoms with Crippen molar-refractivity contribution in [2.24, 2.45) is 0 Å². The molecule has 25 heavy (non-hydrogen) atoms. The van der Waals surface area contributed by atoms with Crippen LogP contribution in [0.2, 0.25) is 5.02 Å². The highest BCUT2D eigenvalue weighted by Gasteiger charge is 2.30. The fourth-order valence-electron chi connectivity index (χ4n) is 3.73. The van der Waals surface area contributed by atoms with E-state index in [2.05, 4.69) is 12.2 Å². The van der Waals surface area contributed by atoms with Crippen LogP contribution in [0.3, 0.4) is 0 Å². The standard InChI is InChI=1S/C20H24ClN3O/c1-2-9-24(15-7-8-22-12-15)20(25)17-11-19(13-3-4-13)23-18-6-5-14(21)10-16(17)18/h5-6,10-11,13,15,22H,2-4,7-9,12H2,1H3. The van der Waals surface area contributed by atoms with Gasteiger partial charge in [0.1, 0.15) is 0 Å². The Bertz CT molecular complexity index is 797. The molecule has 0 bridgehead atoms. The van der Waals surface area contributed by atoms with Crippen molar-refractivity contribution < 1.29 is 4.79 Å². The number of nitrogens with one attached hydrogen (secondary N) is 1. The number of pyridine rings is 1. The lowest BCUT2D eigenvalue weighted by atomic mass is 10.0. The third kappa shape index (κ3) is 3.38. The van der Waals surface area contributed by atoms with Gasteiger partial charge >= 0.3 is 0 Å². The van der Waals surface area contributed by atoms with E-state index in [1.807, 2.05) is 29.2 Å². The van der Waals surface area contributed by atoms with E-state index in [0.29, 0.717) is 10.9 Å². The summed E-state index contributed by atoms with van der Waals surface area (Å²) in [5.41, 5.74) is 2.69. The highest BCUT2D eigenvalue weighted by Crippen LogP contribution is 2.40. The number of hydrogen-bond donors (Lipinski definition) is 1. The van der Waals surface area contributed by atoms with Crippen LogP contribution in [0, 0.1) is 0 Å². The third-order valence-electron chi connectivity index (χ3n) is 5.22. The molecule has 1 saturated carbocycles. The second-order valence-electron chi connectivity index (χ2n) is 7.18. The first-order valence-corrected chi connectivity index (χ1v) is 9.67. The van der Waals surface area contributed by atoms with Crippen molar-refractivity contribution >= 4 is 28.4 Å². The van der Waals surface area contributed by atoms with Gasteiger partial charge in [-0.05, 0) is 56.5 Å². The fraction of sp³-hybridized carbons (Fsp3) is 0.500. The first kappa shape index (κ1) is 16.8. The van der Waals surface area contributed by atoms with Crippen molar-refractivity contribution in [2.45, 2.75) is 44.6 Å². The van der Waals surface area contributed by atoms with E-state index < -0.39 is 0 Å². The van der Waals surface area contributed by atoms with Gasteiger partial charge in [-0.15, -0.1) is 0 Å². The highest BCUT2D eigenvalue weighted by atomic mass is 35.5. The molecule has 1 amide bonds. The second-order valence-corrected chi connectivity index (χ2v) is 7.61. The van der Waals surface area contributed by atoms with Crippen molar-refractivity contribution in [3.05, 3.63) is 40.5 Å². The molecule has 2 fully saturated rings. The van der Waals surface area contributed by atoms with E-state index in [-0.39, 0.29) is 11.9 Å². The van der Waals surface area contributed by atoms with E-state index >= 15 is 0 Å². The largest absolute Gasteiger partial charge is 0.334 e. The van der Waals surface area contributed by atoms with Crippen molar-refractivity contribution in [1.82, 2.24) is 15.2 Å². The molecule has 5 heteroatoms. The molecule has 1 unspecified atom stereocenters. The van der Waals surface area contributed by atoms with Crippen molar-refractivity contribution in [1.29, 1.82) is 0 Å². The average molecular weight is 358 g/mol. The molecule has 1 atom stereocenters. The molecule has 1 N–H and O–H groups in total. The molecular weight excluding hydrogens is 334 g/mol. The summed E-state index contributed by atoms with van der Waals surface area (Å²) in [4.78, 5) is 20.3. The smallest absolute Gasteiger partial charge is 0.254 e. The normalized spacial score (nSPS) is 20.2. The summed E-state index contributed by atoms with van der Waals surface area (Å²) in [6, 6.07) is 7.96. The molecule has 1 aliphatic heterocycles. The molecule has 4 rings (SSSR count). The SMILES string of the molecule is CCCN(C(=O)c1cc(C2CC2)nc2ccc(Cl)cc12)C1CCNC1. The topological polar surface area (TPSA) is 45.2 Å². The molecule has 0 spiro atoms. The summed E-state index contributed by atoms with van der Waals surface area (Å²) in [6.07, 6.45) is 4.32. The second kappa shape index (κ2) is 6.93. The monoisotopic (exact) mass is 357 g/mol. The maximum atomic E-state index is 13.5. The van der Waals surface area contributed by atoms with Gasteiger partial charge in [-0.2, -0.15) is 0 Å². The minimum Gasteiger partial charge on any atom is -0.334 e. The number of rotatable bonds is 5. The lowest BCUT2D eigenvalue weighted by Crippen LogP contribution is -2.42. The predicted molar refractivity (Wildman–Crippen MR) is 101 cm³/mol. The Labute approximate surface area is 153 Å². The predicted octanol–water partition coefficient (Wildman–Crippen LogP) is 3.98. The van der Waals surface area contributed by atoms with E-state index in [0.717, 1.165) is 54.6 Å². The van der Waals surface area contributed by atoms with Gasteiger partial charge in [-0.3, -0.25) is 9.78 Å². The molecular formula is C20H24ClN3O. The lowest BCUT2D eigenvalue weighted by molar-refractivity contribution is 0.0694. The number of halogens is 1. The number of carbonyl (C=O) groups excluding carboxylic acids is 1. The number of fused-ring (bicyclic) bond motifs is 1. The van der Waals surface area contributed by atoms with Gasteiger partial charge in [-0.25, -0.2) is 0 Å². The lowest BCUT2D eigenvalue weighted by Gasteiger charge is -2.29. The Morgan fingerprint density at radius 3 is 2.84 bits per heavy atom. The van der Waals surface area contributed by atoms with Gasteiger partial charge in [0.05, 0.1) is 11.1 Å². The van der Waals surface area contributed by atoms with Gasteiger partial charge in [0, 0.05) is 41.2 Å². The van der Waals surface area contributed by atoms with Gasteiger partial charge in [0.2, 0.25) is 0 Å². The van der Waals surface area contributed by atoms with Crippen LogP contribution < -0.4 is 5.32 Å². The van der Waals surface area contributed by atoms with Crippen molar-refractivity contribution in [3.8, 4) is 0 Å². The Kier molecular flexibility index (Phi) is 4.65. The van der Waals surface area contributed by atoms with Crippen LogP contribution in [0.4, 0.5) is 0 Å². The fourth-order valence-corrected chi connectivity index (χ4v) is 3.91. The number of nitrogens with zero attached hydrogens (tertiary/aromatic N) is 2. The Balaban J connectivity index is 1.79. The molecule has 1 aliphatic carbocycles. The van der Waals surface area contributed by atoms with Gasteiger partial charge in [-0.1, -0.05) is 18.5 Å². The summed E-state index contributed by atoms with van der Waals surface area (Å²) in [5, 5.41) is 4.89. The van der Waals surface area contributed by atoms with Crippen LogP contribution >= 0.6 is 11.6 Å². The van der Waals surface area contributed by atoms with Crippen LogP contribution in [-0.2, 0) is 0 Å². The first-order valence-electron chi connectivity index (χ1n) is 9.29. The Hall–Kier alpha value is -1.65. The quantitative estimate of drug-likeness (QED) is 0.880. The molecule has 1 aromatic heterocycles. The van der Waals surface area contributed by atoms with Crippen LogP contribution in [0.5, 0.6) is 0 Å². The Morgan fingerprint density at radius 1 is 1.32 bits per heavy atom. The van der Waals surface area contributed by atoms with Crippen LogP contribution in [0.25, 0.3) is 10.9 Å². The third-order valence-corrected chi connectivity index (χ3v) is 5.45. The number of carbonyl (C=O) groups is 1. The minimum absolute atomic E-state index is 0.118. The zero-order valence-electron chi connectivity index (χ0n) is 14.6.